The van der Waals surface area contributed by atoms with Gasteiger partial charge < -0.3 is 14.6 Å². The van der Waals surface area contributed by atoms with E-state index in [-0.39, 0.29) is 18.8 Å². The summed E-state index contributed by atoms with van der Waals surface area (Å²) in [5, 5.41) is 7.09. The third-order valence-electron chi connectivity index (χ3n) is 3.97. The molecule has 10 heteroatoms. The second-order valence-corrected chi connectivity index (χ2v) is 6.19. The minimum Gasteiger partial charge on any atom is -0.455 e. The molecule has 2 N–H and O–H groups in total. The number of rotatable bonds is 6. The van der Waals surface area contributed by atoms with Crippen LogP contribution >= 0.6 is 0 Å². The summed E-state index contributed by atoms with van der Waals surface area (Å²) in [5.41, 5.74) is 2.86. The van der Waals surface area contributed by atoms with Gasteiger partial charge in [-0.25, -0.2) is 0 Å². The fraction of sp³-hybridized carbons (Fsp3) is 0.278. The fourth-order valence-electron chi connectivity index (χ4n) is 2.61. The van der Waals surface area contributed by atoms with E-state index in [2.05, 4.69) is 15.9 Å². The van der Waals surface area contributed by atoms with Crippen molar-refractivity contribution in [2.75, 3.05) is 18.5 Å². The molecule has 0 bridgehead atoms. The maximum absolute atomic E-state index is 12.1. The molecule has 3 rings (SSSR count). The van der Waals surface area contributed by atoms with Crippen LogP contribution in [0.3, 0.4) is 0 Å². The summed E-state index contributed by atoms with van der Waals surface area (Å²) in [5.74, 6) is -2.18. The number of aromatic nitrogens is 1. The first-order valence-corrected chi connectivity index (χ1v) is 8.48. The average molecular weight is 386 g/mol. The number of hydrazine groups is 1. The first kappa shape index (κ1) is 19.1. The lowest BCUT2D eigenvalue weighted by Gasteiger charge is -2.17. The van der Waals surface area contributed by atoms with Crippen molar-refractivity contribution < 1.29 is 28.4 Å². The summed E-state index contributed by atoms with van der Waals surface area (Å²) in [7, 11) is 0. The molecule has 1 aromatic carbocycles. The summed E-state index contributed by atoms with van der Waals surface area (Å²) in [6, 6.07) is 9.90. The van der Waals surface area contributed by atoms with Gasteiger partial charge in [0.2, 0.25) is 5.91 Å². The molecule has 0 aliphatic carbocycles. The van der Waals surface area contributed by atoms with Crippen molar-refractivity contribution in [1.29, 1.82) is 0 Å². The van der Waals surface area contributed by atoms with Gasteiger partial charge in [-0.1, -0.05) is 23.4 Å². The Kier molecular flexibility index (Phi) is 5.68. The van der Waals surface area contributed by atoms with Crippen LogP contribution in [0.5, 0.6) is 0 Å². The van der Waals surface area contributed by atoms with Gasteiger partial charge in [-0.2, -0.15) is 0 Å². The molecular formula is C18H18N4O6. The molecule has 0 saturated carbocycles. The number of amides is 3. The van der Waals surface area contributed by atoms with E-state index < -0.39 is 36.2 Å². The van der Waals surface area contributed by atoms with Crippen molar-refractivity contribution in [1.82, 2.24) is 15.6 Å². The SMILES string of the molecule is Cc1cc(NC(=O)COC(=O)[C@@H]2CC(=O)N(NC(=O)c3ccccc3)C2)no1. The van der Waals surface area contributed by atoms with Crippen LogP contribution in [0.2, 0.25) is 0 Å². The molecule has 1 aromatic heterocycles. The number of esters is 1. The zero-order chi connectivity index (χ0) is 20.1. The normalized spacial score (nSPS) is 16.0. The van der Waals surface area contributed by atoms with E-state index in [1.54, 1.807) is 37.3 Å². The predicted octanol–water partition coefficient (Wildman–Crippen LogP) is 0.658. The Labute approximate surface area is 159 Å². The van der Waals surface area contributed by atoms with E-state index in [9.17, 15) is 19.2 Å². The van der Waals surface area contributed by atoms with Crippen molar-refractivity contribution in [3.05, 3.63) is 47.7 Å². The highest BCUT2D eigenvalue weighted by molar-refractivity contribution is 5.96. The van der Waals surface area contributed by atoms with Crippen molar-refractivity contribution in [3.63, 3.8) is 0 Å². The Bertz CT molecular complexity index is 894. The zero-order valence-electron chi connectivity index (χ0n) is 15.0. The van der Waals surface area contributed by atoms with Crippen LogP contribution in [0, 0.1) is 12.8 Å². The number of hydrogen-bond donors (Lipinski definition) is 2. The van der Waals surface area contributed by atoms with Gasteiger partial charge in [-0.3, -0.25) is 29.6 Å². The Morgan fingerprint density at radius 2 is 2.04 bits per heavy atom. The van der Waals surface area contributed by atoms with Crippen LogP contribution in [0.4, 0.5) is 5.82 Å². The summed E-state index contributed by atoms with van der Waals surface area (Å²) in [6.45, 7) is 1.12. The highest BCUT2D eigenvalue weighted by atomic mass is 16.5. The number of carbonyl (C=O) groups is 4. The van der Waals surface area contributed by atoms with Gasteiger partial charge in [0, 0.05) is 18.1 Å². The quantitative estimate of drug-likeness (QED) is 0.697. The number of nitrogens with zero attached hydrogens (tertiary/aromatic N) is 2. The van der Waals surface area contributed by atoms with Gasteiger partial charge in [0.1, 0.15) is 5.76 Å². The smallest absolute Gasteiger partial charge is 0.311 e. The molecule has 1 aliphatic rings. The molecule has 0 unspecified atom stereocenters. The molecule has 3 amide bonds. The highest BCUT2D eigenvalue weighted by Crippen LogP contribution is 2.18. The maximum Gasteiger partial charge on any atom is 0.311 e. The number of nitrogens with one attached hydrogen (secondary N) is 2. The van der Waals surface area contributed by atoms with Crippen LogP contribution in [-0.4, -0.2) is 47.0 Å². The average Bonchev–Trinajstić information content (AvgIpc) is 3.26. The van der Waals surface area contributed by atoms with Crippen LogP contribution in [0.25, 0.3) is 0 Å². The van der Waals surface area contributed by atoms with Crippen molar-refractivity contribution >= 4 is 29.5 Å². The molecule has 2 aromatic rings. The van der Waals surface area contributed by atoms with Gasteiger partial charge in [0.15, 0.2) is 12.4 Å². The molecule has 1 atom stereocenters. The van der Waals surface area contributed by atoms with Crippen molar-refractivity contribution in [2.24, 2.45) is 5.92 Å². The molecule has 1 aliphatic heterocycles. The zero-order valence-corrected chi connectivity index (χ0v) is 15.0. The lowest BCUT2D eigenvalue weighted by Crippen LogP contribution is -2.43. The fourth-order valence-corrected chi connectivity index (χ4v) is 2.61. The van der Waals surface area contributed by atoms with Crippen LogP contribution in [0.15, 0.2) is 40.9 Å². The van der Waals surface area contributed by atoms with Gasteiger partial charge in [-0.05, 0) is 19.1 Å². The Balaban J connectivity index is 1.46. The lowest BCUT2D eigenvalue weighted by atomic mass is 10.1. The van der Waals surface area contributed by atoms with Gasteiger partial charge in [0.05, 0.1) is 12.5 Å². The first-order chi connectivity index (χ1) is 13.4. The summed E-state index contributed by atoms with van der Waals surface area (Å²) in [4.78, 5) is 48.1. The third-order valence-corrected chi connectivity index (χ3v) is 3.97. The maximum atomic E-state index is 12.1. The van der Waals surface area contributed by atoms with Crippen LogP contribution in [0.1, 0.15) is 22.5 Å². The second-order valence-electron chi connectivity index (χ2n) is 6.19. The standard InChI is InChI=1S/C18H18N4O6/c1-11-7-14(21-28-11)19-15(23)10-27-18(26)13-8-16(24)22(9-13)20-17(25)12-5-3-2-4-6-12/h2-7,13H,8-10H2,1H3,(H,20,25)(H,19,21,23)/t13-/m1/s1. The second kappa shape index (κ2) is 8.33. The summed E-state index contributed by atoms with van der Waals surface area (Å²) >= 11 is 0. The van der Waals surface area contributed by atoms with E-state index in [0.29, 0.717) is 11.3 Å². The van der Waals surface area contributed by atoms with Crippen LogP contribution < -0.4 is 10.7 Å². The Hall–Kier alpha value is -3.69. The van der Waals surface area contributed by atoms with Gasteiger partial charge >= 0.3 is 5.97 Å². The monoisotopic (exact) mass is 386 g/mol. The van der Waals surface area contributed by atoms with Gasteiger partial charge in [0.25, 0.3) is 11.8 Å². The van der Waals surface area contributed by atoms with E-state index in [4.69, 9.17) is 9.26 Å². The van der Waals surface area contributed by atoms with Crippen molar-refractivity contribution in [2.45, 2.75) is 13.3 Å². The number of aryl methyl sites for hydroxylation is 1. The first-order valence-electron chi connectivity index (χ1n) is 8.48. The third kappa shape index (κ3) is 4.72. The number of hydrogen-bond acceptors (Lipinski definition) is 7. The molecule has 28 heavy (non-hydrogen) atoms. The molecule has 1 fully saturated rings. The molecule has 2 heterocycles. The molecule has 10 nitrogen and oxygen atoms in total. The molecular weight excluding hydrogens is 368 g/mol. The van der Waals surface area contributed by atoms with Gasteiger partial charge in [-0.15, -0.1) is 0 Å². The van der Waals surface area contributed by atoms with Crippen LogP contribution in [-0.2, 0) is 19.1 Å². The number of carbonyl (C=O) groups excluding carboxylic acids is 4. The number of anilines is 1. The molecule has 0 radical (unpaired) electrons. The minimum absolute atomic E-state index is 0.0274. The minimum atomic E-state index is -0.773. The topological polar surface area (TPSA) is 131 Å². The molecule has 1 saturated heterocycles. The molecule has 0 spiro atoms. The Morgan fingerprint density at radius 3 is 2.71 bits per heavy atom. The summed E-state index contributed by atoms with van der Waals surface area (Å²) < 4.78 is 9.76. The molecule has 146 valence electrons. The largest absolute Gasteiger partial charge is 0.455 e. The number of ether oxygens (including phenoxy) is 1. The lowest BCUT2D eigenvalue weighted by molar-refractivity contribution is -0.151. The van der Waals surface area contributed by atoms with E-state index in [0.717, 1.165) is 5.01 Å². The summed E-state index contributed by atoms with van der Waals surface area (Å²) in [6.07, 6.45) is -0.113. The van der Waals surface area contributed by atoms with Crippen molar-refractivity contribution in [3.8, 4) is 0 Å². The highest BCUT2D eigenvalue weighted by Gasteiger charge is 2.36. The van der Waals surface area contributed by atoms with E-state index in [1.807, 2.05) is 0 Å². The predicted molar refractivity (Wildman–Crippen MR) is 94.6 cm³/mol. The number of benzene rings is 1. The Morgan fingerprint density at radius 1 is 1.29 bits per heavy atom. The van der Waals surface area contributed by atoms with E-state index >= 15 is 0 Å². The van der Waals surface area contributed by atoms with E-state index in [1.165, 1.54) is 6.07 Å².